The molecule has 0 unspecified atom stereocenters. The highest BCUT2D eigenvalue weighted by Crippen LogP contribution is 2.15. The lowest BCUT2D eigenvalue weighted by atomic mass is 10.1. The first-order valence-electron chi connectivity index (χ1n) is 4.80. The maximum atomic E-state index is 5.93. The lowest BCUT2D eigenvalue weighted by Crippen LogP contribution is -2.13. The average molecular weight is 210 g/mol. The molecule has 0 saturated carbocycles. The van der Waals surface area contributed by atoms with E-state index in [0.29, 0.717) is 0 Å². The Morgan fingerprint density at radius 2 is 2.29 bits per heavy atom. The minimum Gasteiger partial charge on any atom is -0.312 e. The van der Waals surface area contributed by atoms with Gasteiger partial charge in [-0.25, -0.2) is 0 Å². The fourth-order valence-corrected chi connectivity index (χ4v) is 1.37. The SMILES string of the molecule is C=CCCNCc1ccc(Cl)c(C)c1. The summed E-state index contributed by atoms with van der Waals surface area (Å²) in [4.78, 5) is 0. The predicted molar refractivity (Wildman–Crippen MR) is 62.7 cm³/mol. The second-order valence-corrected chi connectivity index (χ2v) is 3.74. The minimum atomic E-state index is 0.833. The van der Waals surface area contributed by atoms with Gasteiger partial charge in [-0.1, -0.05) is 29.8 Å². The van der Waals surface area contributed by atoms with Crippen LogP contribution in [0.1, 0.15) is 17.5 Å². The molecule has 1 rings (SSSR count). The molecule has 1 aromatic carbocycles. The van der Waals surface area contributed by atoms with Crippen LogP contribution in [0.4, 0.5) is 0 Å². The number of nitrogens with one attached hydrogen (secondary N) is 1. The number of hydrogen-bond donors (Lipinski definition) is 1. The minimum absolute atomic E-state index is 0.833. The summed E-state index contributed by atoms with van der Waals surface area (Å²) < 4.78 is 0. The van der Waals surface area contributed by atoms with Gasteiger partial charge < -0.3 is 5.32 Å². The number of hydrogen-bond acceptors (Lipinski definition) is 1. The van der Waals surface area contributed by atoms with Crippen molar-refractivity contribution in [1.29, 1.82) is 0 Å². The van der Waals surface area contributed by atoms with Crippen LogP contribution >= 0.6 is 11.6 Å². The van der Waals surface area contributed by atoms with Gasteiger partial charge in [0.25, 0.3) is 0 Å². The van der Waals surface area contributed by atoms with Crippen molar-refractivity contribution in [3.63, 3.8) is 0 Å². The first kappa shape index (κ1) is 11.3. The Labute approximate surface area is 90.8 Å². The van der Waals surface area contributed by atoms with Gasteiger partial charge in [0.1, 0.15) is 0 Å². The van der Waals surface area contributed by atoms with Crippen LogP contribution in [0.5, 0.6) is 0 Å². The van der Waals surface area contributed by atoms with Crippen molar-refractivity contribution in [1.82, 2.24) is 5.32 Å². The lowest BCUT2D eigenvalue weighted by Gasteiger charge is -2.05. The summed E-state index contributed by atoms with van der Waals surface area (Å²) in [5.74, 6) is 0. The van der Waals surface area contributed by atoms with Crippen LogP contribution in [-0.4, -0.2) is 6.54 Å². The predicted octanol–water partition coefficient (Wildman–Crippen LogP) is 3.31. The maximum absolute atomic E-state index is 5.93. The summed E-state index contributed by atoms with van der Waals surface area (Å²) in [5.41, 5.74) is 2.41. The van der Waals surface area contributed by atoms with E-state index in [0.717, 1.165) is 30.1 Å². The summed E-state index contributed by atoms with van der Waals surface area (Å²) >= 11 is 5.93. The monoisotopic (exact) mass is 209 g/mol. The fourth-order valence-electron chi connectivity index (χ4n) is 1.25. The third kappa shape index (κ3) is 3.52. The van der Waals surface area contributed by atoms with Gasteiger partial charge in [0.15, 0.2) is 0 Å². The summed E-state index contributed by atoms with van der Waals surface area (Å²) in [6.07, 6.45) is 2.92. The molecule has 2 heteroatoms. The Morgan fingerprint density at radius 3 is 2.93 bits per heavy atom. The van der Waals surface area contributed by atoms with E-state index in [-0.39, 0.29) is 0 Å². The first-order valence-corrected chi connectivity index (χ1v) is 5.18. The van der Waals surface area contributed by atoms with E-state index in [1.54, 1.807) is 0 Å². The van der Waals surface area contributed by atoms with Gasteiger partial charge in [-0.2, -0.15) is 0 Å². The highest BCUT2D eigenvalue weighted by Gasteiger charge is 1.96. The molecule has 0 aliphatic heterocycles. The van der Waals surface area contributed by atoms with Crippen LogP contribution in [0.25, 0.3) is 0 Å². The van der Waals surface area contributed by atoms with E-state index in [1.807, 2.05) is 19.1 Å². The second-order valence-electron chi connectivity index (χ2n) is 3.34. The third-order valence-corrected chi connectivity index (χ3v) is 2.50. The molecule has 0 amide bonds. The molecule has 14 heavy (non-hydrogen) atoms. The van der Waals surface area contributed by atoms with Crippen molar-refractivity contribution >= 4 is 11.6 Å². The van der Waals surface area contributed by atoms with Crippen molar-refractivity contribution in [3.05, 3.63) is 47.0 Å². The summed E-state index contributed by atoms with van der Waals surface area (Å²) in [7, 11) is 0. The quantitative estimate of drug-likeness (QED) is 0.580. The molecule has 0 aliphatic rings. The Morgan fingerprint density at radius 1 is 1.50 bits per heavy atom. The van der Waals surface area contributed by atoms with E-state index in [4.69, 9.17) is 11.6 Å². The van der Waals surface area contributed by atoms with Crippen molar-refractivity contribution in [2.24, 2.45) is 0 Å². The van der Waals surface area contributed by atoms with Gasteiger partial charge in [-0.05, 0) is 37.1 Å². The van der Waals surface area contributed by atoms with Crippen LogP contribution < -0.4 is 5.32 Å². The highest BCUT2D eigenvalue weighted by molar-refractivity contribution is 6.31. The van der Waals surface area contributed by atoms with Gasteiger partial charge in [-0.15, -0.1) is 6.58 Å². The van der Waals surface area contributed by atoms with Crippen LogP contribution in [0.15, 0.2) is 30.9 Å². The molecule has 0 atom stereocenters. The van der Waals surface area contributed by atoms with Gasteiger partial charge in [0.05, 0.1) is 0 Å². The van der Waals surface area contributed by atoms with E-state index < -0.39 is 0 Å². The Balaban J connectivity index is 2.43. The van der Waals surface area contributed by atoms with Crippen LogP contribution in [0.2, 0.25) is 5.02 Å². The molecule has 0 fully saturated rings. The molecule has 1 aromatic rings. The molecular formula is C12H16ClN. The molecule has 0 aromatic heterocycles. The van der Waals surface area contributed by atoms with Crippen molar-refractivity contribution in [2.45, 2.75) is 19.9 Å². The zero-order valence-corrected chi connectivity index (χ0v) is 9.27. The largest absolute Gasteiger partial charge is 0.312 e. The summed E-state index contributed by atoms with van der Waals surface area (Å²) in [6.45, 7) is 7.57. The number of rotatable bonds is 5. The van der Waals surface area contributed by atoms with Crippen molar-refractivity contribution in [2.75, 3.05) is 6.54 Å². The molecule has 1 N–H and O–H groups in total. The normalized spacial score (nSPS) is 10.1. The highest BCUT2D eigenvalue weighted by atomic mass is 35.5. The van der Waals surface area contributed by atoms with Crippen molar-refractivity contribution in [3.8, 4) is 0 Å². The maximum Gasteiger partial charge on any atom is 0.0435 e. The molecule has 0 bridgehead atoms. The summed E-state index contributed by atoms with van der Waals surface area (Å²) in [6, 6.07) is 6.11. The number of halogens is 1. The molecular weight excluding hydrogens is 194 g/mol. The zero-order chi connectivity index (χ0) is 10.4. The van der Waals surface area contributed by atoms with Gasteiger partial charge in [0.2, 0.25) is 0 Å². The van der Waals surface area contributed by atoms with E-state index in [1.165, 1.54) is 5.56 Å². The zero-order valence-electron chi connectivity index (χ0n) is 8.52. The van der Waals surface area contributed by atoms with Gasteiger partial charge in [0, 0.05) is 11.6 Å². The van der Waals surface area contributed by atoms with E-state index in [2.05, 4.69) is 24.0 Å². The standard InChI is InChI=1S/C12H16ClN/c1-3-4-7-14-9-11-5-6-12(13)10(2)8-11/h3,5-6,8,14H,1,4,7,9H2,2H3. The second kappa shape index (κ2) is 5.84. The Hall–Kier alpha value is -0.790. The molecule has 1 nitrogen and oxygen atoms in total. The Kier molecular flexibility index (Phi) is 4.71. The third-order valence-electron chi connectivity index (χ3n) is 2.08. The topological polar surface area (TPSA) is 12.0 Å². The van der Waals surface area contributed by atoms with E-state index in [9.17, 15) is 0 Å². The van der Waals surface area contributed by atoms with Crippen molar-refractivity contribution < 1.29 is 0 Å². The van der Waals surface area contributed by atoms with Gasteiger partial charge in [-0.3, -0.25) is 0 Å². The molecule has 76 valence electrons. The number of benzene rings is 1. The average Bonchev–Trinajstić information content (AvgIpc) is 2.18. The van der Waals surface area contributed by atoms with E-state index >= 15 is 0 Å². The van der Waals surface area contributed by atoms with Crippen LogP contribution in [-0.2, 0) is 6.54 Å². The van der Waals surface area contributed by atoms with Gasteiger partial charge >= 0.3 is 0 Å². The molecule has 0 heterocycles. The Bertz CT molecular complexity index is 307. The van der Waals surface area contributed by atoms with Crippen LogP contribution in [0, 0.1) is 6.92 Å². The smallest absolute Gasteiger partial charge is 0.0435 e. The molecule has 0 saturated heterocycles. The first-order chi connectivity index (χ1) is 6.74. The molecule has 0 radical (unpaired) electrons. The summed E-state index contributed by atoms with van der Waals surface area (Å²) in [5, 5.41) is 4.17. The fraction of sp³-hybridized carbons (Fsp3) is 0.333. The number of aryl methyl sites for hydroxylation is 1. The molecule has 0 spiro atoms. The molecule has 0 aliphatic carbocycles. The lowest BCUT2D eigenvalue weighted by molar-refractivity contribution is 0.695. The van der Waals surface area contributed by atoms with Crippen LogP contribution in [0.3, 0.4) is 0 Å².